The van der Waals surface area contributed by atoms with Crippen molar-refractivity contribution < 1.29 is 9.47 Å². The number of fused-ring (bicyclic) bond motifs is 4. The maximum Gasteiger partial charge on any atom is 0.270 e. The van der Waals surface area contributed by atoms with Crippen LogP contribution < -0.4 is 0 Å². The van der Waals surface area contributed by atoms with Crippen LogP contribution in [0.25, 0.3) is 0 Å². The molecule has 6 unspecified atom stereocenters. The highest BCUT2D eigenvalue weighted by atomic mass is 28.2. The number of hydrogen-bond donors (Lipinski definition) is 0. The predicted molar refractivity (Wildman–Crippen MR) is 111 cm³/mol. The van der Waals surface area contributed by atoms with Crippen molar-refractivity contribution in [2.24, 2.45) is 33.5 Å². The van der Waals surface area contributed by atoms with E-state index in [0.717, 1.165) is 17.8 Å². The van der Waals surface area contributed by atoms with Crippen molar-refractivity contribution in [1.82, 2.24) is 0 Å². The number of rotatable bonds is 5. The van der Waals surface area contributed by atoms with Gasteiger partial charge in [0, 0.05) is 10.8 Å². The Kier molecular flexibility index (Phi) is 4.20. The van der Waals surface area contributed by atoms with Crippen LogP contribution in [0.1, 0.15) is 80.1 Å². The molecule has 4 rings (SSSR count). The van der Waals surface area contributed by atoms with Crippen molar-refractivity contribution in [1.29, 1.82) is 0 Å². The molecule has 0 spiro atoms. The molecule has 6 atom stereocenters. The molecule has 4 saturated carbocycles. The van der Waals surface area contributed by atoms with Crippen LogP contribution in [0, 0.1) is 33.5 Å². The number of hydrogen-bond acceptors (Lipinski definition) is 2. The highest BCUT2D eigenvalue weighted by Gasteiger charge is 2.64. The maximum atomic E-state index is 6.68. The van der Waals surface area contributed by atoms with Gasteiger partial charge in [-0.1, -0.05) is 48.1 Å². The standard InChI is InChI=1S/C23H40O2Si/c1-20(2)15-8-10-22(20,5)17(12-15)24-19(14-26-7)25-18-13-16-9-11-23(18,6)21(16,3)4/h14-18H,8-13,26H2,1-7H3. The van der Waals surface area contributed by atoms with Crippen molar-refractivity contribution in [2.75, 3.05) is 0 Å². The first-order valence-corrected chi connectivity index (χ1v) is 13.3. The summed E-state index contributed by atoms with van der Waals surface area (Å²) in [4.78, 5) is 0. The fraction of sp³-hybridized carbons (Fsp3) is 0.913. The second-order valence-electron chi connectivity index (χ2n) is 11.4. The lowest BCUT2D eigenvalue weighted by molar-refractivity contribution is -0.114. The van der Waals surface area contributed by atoms with Gasteiger partial charge in [-0.3, -0.25) is 0 Å². The molecular weight excluding hydrogens is 336 g/mol. The quantitative estimate of drug-likeness (QED) is 0.468. The second kappa shape index (κ2) is 5.78. The van der Waals surface area contributed by atoms with E-state index in [2.05, 4.69) is 53.8 Å². The van der Waals surface area contributed by atoms with Gasteiger partial charge in [-0.15, -0.1) is 0 Å². The van der Waals surface area contributed by atoms with Gasteiger partial charge in [-0.05, 0) is 66.9 Å². The molecule has 0 saturated heterocycles. The van der Waals surface area contributed by atoms with Crippen LogP contribution in [0.4, 0.5) is 0 Å². The molecular formula is C23H40O2Si. The van der Waals surface area contributed by atoms with Gasteiger partial charge in [0.2, 0.25) is 0 Å². The SMILES string of the molecule is C[SiH2]C=C(OC1CC2CCC1(C)C2(C)C)OC1CC2CCC1(C)C2(C)C. The van der Waals surface area contributed by atoms with E-state index in [1.807, 2.05) is 0 Å². The zero-order chi connectivity index (χ0) is 19.0. The molecule has 0 aromatic rings. The molecule has 0 radical (unpaired) electrons. The van der Waals surface area contributed by atoms with E-state index in [-0.39, 0.29) is 9.52 Å². The minimum Gasteiger partial charge on any atom is -0.462 e. The van der Waals surface area contributed by atoms with Gasteiger partial charge in [0.25, 0.3) is 5.95 Å². The molecule has 148 valence electrons. The molecule has 0 aromatic carbocycles. The molecule has 0 aliphatic heterocycles. The summed E-state index contributed by atoms with van der Waals surface area (Å²) < 4.78 is 13.4. The summed E-state index contributed by atoms with van der Waals surface area (Å²) in [6, 6.07) is 0. The van der Waals surface area contributed by atoms with Gasteiger partial charge >= 0.3 is 0 Å². The van der Waals surface area contributed by atoms with E-state index in [9.17, 15) is 0 Å². The summed E-state index contributed by atoms with van der Waals surface area (Å²) in [5.41, 5.74) is 3.71. The molecule has 2 nitrogen and oxygen atoms in total. The lowest BCUT2D eigenvalue weighted by atomic mass is 9.70. The van der Waals surface area contributed by atoms with E-state index < -0.39 is 0 Å². The first kappa shape index (κ1) is 18.9. The lowest BCUT2D eigenvalue weighted by Gasteiger charge is -2.41. The Morgan fingerprint density at radius 1 is 0.808 bits per heavy atom. The van der Waals surface area contributed by atoms with Crippen molar-refractivity contribution in [3.63, 3.8) is 0 Å². The molecule has 0 N–H and O–H groups in total. The Hall–Kier alpha value is -0.443. The Morgan fingerprint density at radius 2 is 1.23 bits per heavy atom. The molecule has 0 aromatic heterocycles. The van der Waals surface area contributed by atoms with Crippen molar-refractivity contribution in [2.45, 2.75) is 98.8 Å². The van der Waals surface area contributed by atoms with Crippen LogP contribution in [0.3, 0.4) is 0 Å². The predicted octanol–water partition coefficient (Wildman–Crippen LogP) is 5.47. The highest BCUT2D eigenvalue weighted by molar-refractivity contribution is 6.40. The topological polar surface area (TPSA) is 18.5 Å². The average molecular weight is 377 g/mol. The third-order valence-corrected chi connectivity index (χ3v) is 11.1. The van der Waals surface area contributed by atoms with Gasteiger partial charge in [-0.2, -0.15) is 0 Å². The van der Waals surface area contributed by atoms with Gasteiger partial charge in [0.15, 0.2) is 0 Å². The summed E-state index contributed by atoms with van der Waals surface area (Å²) in [7, 11) is -0.239. The summed E-state index contributed by atoms with van der Waals surface area (Å²) >= 11 is 0. The Labute approximate surface area is 163 Å². The van der Waals surface area contributed by atoms with Gasteiger partial charge in [-0.25, -0.2) is 0 Å². The average Bonchev–Trinajstić information content (AvgIpc) is 3.07. The summed E-state index contributed by atoms with van der Waals surface area (Å²) in [5.74, 6) is 2.52. The minimum atomic E-state index is -0.239. The molecule has 4 fully saturated rings. The lowest BCUT2D eigenvalue weighted by Crippen LogP contribution is -2.39. The van der Waals surface area contributed by atoms with Gasteiger partial charge in [0.05, 0.1) is 9.52 Å². The first-order chi connectivity index (χ1) is 12.1. The second-order valence-corrected chi connectivity index (χ2v) is 12.6. The highest BCUT2D eigenvalue weighted by Crippen LogP contribution is 2.68. The first-order valence-electron chi connectivity index (χ1n) is 11.1. The van der Waals surface area contributed by atoms with Crippen LogP contribution in [0.15, 0.2) is 11.6 Å². The zero-order valence-corrected chi connectivity index (χ0v) is 19.6. The molecule has 0 amide bonds. The Bertz CT molecular complexity index is 561. The van der Waals surface area contributed by atoms with Crippen molar-refractivity contribution in [3.8, 4) is 0 Å². The summed E-state index contributed by atoms with van der Waals surface area (Å²) in [6.07, 6.45) is 8.47. The molecule has 3 heteroatoms. The van der Waals surface area contributed by atoms with Crippen molar-refractivity contribution in [3.05, 3.63) is 11.6 Å². The van der Waals surface area contributed by atoms with E-state index in [4.69, 9.17) is 9.47 Å². The molecule has 0 heterocycles. The maximum absolute atomic E-state index is 6.68. The zero-order valence-electron chi connectivity index (χ0n) is 18.2. The van der Waals surface area contributed by atoms with E-state index >= 15 is 0 Å². The number of ether oxygens (including phenoxy) is 2. The van der Waals surface area contributed by atoms with E-state index in [1.165, 1.54) is 38.5 Å². The fourth-order valence-electron chi connectivity index (χ4n) is 7.19. The minimum absolute atomic E-state index is 0.239. The third-order valence-electron chi connectivity index (χ3n) is 10.3. The van der Waals surface area contributed by atoms with Crippen LogP contribution in [0.2, 0.25) is 6.55 Å². The van der Waals surface area contributed by atoms with Crippen LogP contribution >= 0.6 is 0 Å². The fourth-order valence-corrected chi connectivity index (χ4v) is 7.71. The normalized spacial score (nSPS) is 47.7. The molecule has 4 bridgehead atoms. The smallest absolute Gasteiger partial charge is 0.270 e. The van der Waals surface area contributed by atoms with Crippen LogP contribution in [0.5, 0.6) is 0 Å². The van der Waals surface area contributed by atoms with Gasteiger partial charge in [0.1, 0.15) is 12.2 Å². The van der Waals surface area contributed by atoms with E-state index in [1.54, 1.807) is 0 Å². The van der Waals surface area contributed by atoms with Crippen molar-refractivity contribution >= 4 is 9.52 Å². The summed E-state index contributed by atoms with van der Waals surface area (Å²) in [6.45, 7) is 17.1. The monoisotopic (exact) mass is 376 g/mol. The third kappa shape index (κ3) is 2.28. The van der Waals surface area contributed by atoms with E-state index in [0.29, 0.717) is 33.9 Å². The van der Waals surface area contributed by atoms with Crippen LogP contribution in [-0.2, 0) is 9.47 Å². The summed E-state index contributed by atoms with van der Waals surface area (Å²) in [5, 5.41) is 0. The van der Waals surface area contributed by atoms with Crippen LogP contribution in [-0.4, -0.2) is 21.7 Å². The molecule has 26 heavy (non-hydrogen) atoms. The Morgan fingerprint density at radius 3 is 1.50 bits per heavy atom. The molecule has 4 aliphatic rings. The Balaban J connectivity index is 1.50. The largest absolute Gasteiger partial charge is 0.462 e. The van der Waals surface area contributed by atoms with Gasteiger partial charge < -0.3 is 9.47 Å². The molecule has 4 aliphatic carbocycles.